The topological polar surface area (TPSA) is 77.4 Å². The van der Waals surface area contributed by atoms with E-state index in [0.29, 0.717) is 37.7 Å². The number of ether oxygens (including phenoxy) is 3. The molecule has 1 N–H and O–H groups in total. The largest absolute Gasteiger partial charge is 0.506 e. The summed E-state index contributed by atoms with van der Waals surface area (Å²) in [6.45, 7) is 1.87. The Balaban J connectivity index is 2.08. The van der Waals surface area contributed by atoms with Gasteiger partial charge in [0, 0.05) is 11.6 Å². The molecule has 2 aromatic carbocycles. The SMILES string of the molecule is CCOC(=O)C1=C(O)C(=Cc2ccc(OC)cc2OC)SC1=Nc1ccccc1Cl. The van der Waals surface area contributed by atoms with E-state index < -0.39 is 5.97 Å². The monoisotopic (exact) mass is 445 g/mol. The summed E-state index contributed by atoms with van der Waals surface area (Å²) in [6, 6.07) is 12.3. The average molecular weight is 446 g/mol. The predicted octanol–water partition coefficient (Wildman–Crippen LogP) is 5.55. The minimum absolute atomic E-state index is 0.000461. The van der Waals surface area contributed by atoms with Gasteiger partial charge < -0.3 is 19.3 Å². The number of esters is 1. The van der Waals surface area contributed by atoms with Gasteiger partial charge in [0.15, 0.2) is 0 Å². The molecule has 6 nitrogen and oxygen atoms in total. The molecule has 2 aromatic rings. The van der Waals surface area contributed by atoms with E-state index in [2.05, 4.69) is 4.99 Å². The third kappa shape index (κ3) is 4.63. The van der Waals surface area contributed by atoms with Crippen molar-refractivity contribution >= 4 is 46.1 Å². The molecule has 0 radical (unpaired) electrons. The van der Waals surface area contributed by atoms with Crippen molar-refractivity contribution in [2.75, 3.05) is 20.8 Å². The van der Waals surface area contributed by atoms with Crippen LogP contribution in [0.1, 0.15) is 12.5 Å². The zero-order valence-corrected chi connectivity index (χ0v) is 18.2. The van der Waals surface area contributed by atoms with Crippen molar-refractivity contribution in [1.29, 1.82) is 0 Å². The number of rotatable bonds is 6. The Bertz CT molecular complexity index is 1060. The van der Waals surface area contributed by atoms with Crippen LogP contribution in [0.25, 0.3) is 6.08 Å². The Morgan fingerprint density at radius 2 is 1.97 bits per heavy atom. The number of hydrogen-bond acceptors (Lipinski definition) is 7. The van der Waals surface area contributed by atoms with E-state index in [1.165, 1.54) is 0 Å². The van der Waals surface area contributed by atoms with Crippen LogP contribution in [0.3, 0.4) is 0 Å². The maximum Gasteiger partial charge on any atom is 0.344 e. The first-order chi connectivity index (χ1) is 14.5. The maximum absolute atomic E-state index is 12.5. The van der Waals surface area contributed by atoms with E-state index in [1.807, 2.05) is 0 Å². The predicted molar refractivity (Wildman–Crippen MR) is 120 cm³/mol. The summed E-state index contributed by atoms with van der Waals surface area (Å²) in [7, 11) is 3.11. The lowest BCUT2D eigenvalue weighted by Gasteiger charge is -2.08. The van der Waals surface area contributed by atoms with Crippen molar-refractivity contribution in [1.82, 2.24) is 0 Å². The summed E-state index contributed by atoms with van der Waals surface area (Å²) in [6.07, 6.45) is 1.71. The molecule has 156 valence electrons. The fourth-order valence-electron chi connectivity index (χ4n) is 2.72. The molecule has 3 rings (SSSR count). The Kier molecular flexibility index (Phi) is 7.07. The van der Waals surface area contributed by atoms with Gasteiger partial charge in [0.05, 0.1) is 36.4 Å². The first-order valence-electron chi connectivity index (χ1n) is 9.04. The van der Waals surface area contributed by atoms with Crippen LogP contribution in [0.4, 0.5) is 5.69 Å². The molecule has 1 aliphatic heterocycles. The van der Waals surface area contributed by atoms with Gasteiger partial charge in [-0.25, -0.2) is 9.79 Å². The van der Waals surface area contributed by atoms with Crippen LogP contribution in [-0.2, 0) is 9.53 Å². The lowest BCUT2D eigenvalue weighted by molar-refractivity contribution is -0.138. The number of aliphatic hydroxyl groups is 1. The molecule has 1 aliphatic rings. The summed E-state index contributed by atoms with van der Waals surface area (Å²) >= 11 is 7.36. The quantitative estimate of drug-likeness (QED) is 0.587. The van der Waals surface area contributed by atoms with E-state index in [4.69, 9.17) is 25.8 Å². The number of carbonyl (C=O) groups is 1. The minimum Gasteiger partial charge on any atom is -0.506 e. The Morgan fingerprint density at radius 1 is 1.20 bits per heavy atom. The first-order valence-corrected chi connectivity index (χ1v) is 10.2. The Hall–Kier alpha value is -2.90. The van der Waals surface area contributed by atoms with E-state index >= 15 is 0 Å². The van der Waals surface area contributed by atoms with Crippen molar-refractivity contribution < 1.29 is 24.1 Å². The maximum atomic E-state index is 12.5. The standard InChI is InChI=1S/C22H20ClNO5S/c1-4-29-22(26)19-20(25)18(11-13-9-10-14(27-2)12-17(13)28-3)30-21(19)24-16-8-6-5-7-15(16)23/h5-12,25H,4H2,1-3H3. The number of para-hydroxylation sites is 1. The van der Waals surface area contributed by atoms with Crippen molar-refractivity contribution in [3.05, 3.63) is 69.3 Å². The van der Waals surface area contributed by atoms with E-state index in [-0.39, 0.29) is 17.9 Å². The molecular formula is C22H20ClNO5S. The van der Waals surface area contributed by atoms with Gasteiger partial charge in [-0.05, 0) is 37.3 Å². The molecule has 0 aromatic heterocycles. The van der Waals surface area contributed by atoms with Crippen LogP contribution < -0.4 is 9.47 Å². The number of aliphatic imine (C=N–C) groups is 1. The van der Waals surface area contributed by atoms with Crippen molar-refractivity contribution in [3.63, 3.8) is 0 Å². The lowest BCUT2D eigenvalue weighted by atomic mass is 10.1. The molecule has 0 aliphatic carbocycles. The van der Waals surface area contributed by atoms with E-state index in [1.54, 1.807) is 69.7 Å². The number of nitrogens with zero attached hydrogens (tertiary/aromatic N) is 1. The number of thioether (sulfide) groups is 1. The fraction of sp³-hybridized carbons (Fsp3) is 0.182. The number of aliphatic hydroxyl groups excluding tert-OH is 1. The summed E-state index contributed by atoms with van der Waals surface area (Å²) in [5.74, 6) is 0.339. The number of methoxy groups -OCH3 is 2. The third-order valence-corrected chi connectivity index (χ3v) is 5.51. The summed E-state index contributed by atoms with van der Waals surface area (Å²) in [5.41, 5.74) is 1.19. The molecule has 8 heteroatoms. The highest BCUT2D eigenvalue weighted by atomic mass is 35.5. The Labute approximate surface area is 183 Å². The van der Waals surface area contributed by atoms with Crippen LogP contribution in [-0.4, -0.2) is 36.9 Å². The van der Waals surface area contributed by atoms with Crippen LogP contribution in [0.15, 0.2) is 63.7 Å². The molecule has 0 atom stereocenters. The molecular weight excluding hydrogens is 426 g/mol. The smallest absolute Gasteiger partial charge is 0.344 e. The average Bonchev–Trinajstić information content (AvgIpc) is 3.05. The van der Waals surface area contributed by atoms with E-state index in [0.717, 1.165) is 11.8 Å². The van der Waals surface area contributed by atoms with Crippen molar-refractivity contribution in [3.8, 4) is 11.5 Å². The molecule has 1 heterocycles. The van der Waals surface area contributed by atoms with Crippen LogP contribution in [0.5, 0.6) is 11.5 Å². The molecule has 0 saturated carbocycles. The molecule has 0 saturated heterocycles. The molecule has 0 bridgehead atoms. The second-order valence-corrected chi connectivity index (χ2v) is 7.47. The fourth-order valence-corrected chi connectivity index (χ4v) is 3.92. The van der Waals surface area contributed by atoms with E-state index in [9.17, 15) is 9.90 Å². The molecule has 0 fully saturated rings. The zero-order valence-electron chi connectivity index (χ0n) is 16.6. The molecule has 0 amide bonds. The number of halogens is 1. The second-order valence-electron chi connectivity index (χ2n) is 6.03. The highest BCUT2D eigenvalue weighted by molar-refractivity contribution is 8.18. The third-order valence-electron chi connectivity index (χ3n) is 4.17. The highest BCUT2D eigenvalue weighted by Gasteiger charge is 2.33. The van der Waals surface area contributed by atoms with Gasteiger partial charge >= 0.3 is 5.97 Å². The molecule has 30 heavy (non-hydrogen) atoms. The number of hydrogen-bond donors (Lipinski definition) is 1. The zero-order chi connectivity index (χ0) is 21.7. The normalized spacial score (nSPS) is 16.3. The summed E-state index contributed by atoms with van der Waals surface area (Å²) < 4.78 is 15.7. The van der Waals surface area contributed by atoms with Gasteiger partial charge in [-0.15, -0.1) is 0 Å². The summed E-state index contributed by atoms with van der Waals surface area (Å²) in [4.78, 5) is 17.4. The van der Waals surface area contributed by atoms with Crippen molar-refractivity contribution in [2.45, 2.75) is 6.92 Å². The van der Waals surface area contributed by atoms with Crippen LogP contribution in [0, 0.1) is 0 Å². The van der Waals surface area contributed by atoms with Crippen LogP contribution >= 0.6 is 23.4 Å². The van der Waals surface area contributed by atoms with Crippen molar-refractivity contribution in [2.24, 2.45) is 4.99 Å². The van der Waals surface area contributed by atoms with Gasteiger partial charge in [-0.1, -0.05) is 35.5 Å². The Morgan fingerprint density at radius 3 is 2.63 bits per heavy atom. The minimum atomic E-state index is -0.654. The van der Waals surface area contributed by atoms with Gasteiger partial charge in [-0.3, -0.25) is 0 Å². The van der Waals surface area contributed by atoms with Crippen LogP contribution in [0.2, 0.25) is 5.02 Å². The molecule has 0 spiro atoms. The number of carbonyl (C=O) groups excluding carboxylic acids is 1. The molecule has 0 unspecified atom stereocenters. The first kappa shape index (κ1) is 21.8. The van der Waals surface area contributed by atoms with Gasteiger partial charge in [0.2, 0.25) is 0 Å². The highest BCUT2D eigenvalue weighted by Crippen LogP contribution is 2.42. The summed E-state index contributed by atoms with van der Waals surface area (Å²) in [5, 5.41) is 11.5. The lowest BCUT2D eigenvalue weighted by Crippen LogP contribution is -2.12. The number of benzene rings is 2. The van der Waals surface area contributed by atoms with Gasteiger partial charge in [0.25, 0.3) is 0 Å². The van der Waals surface area contributed by atoms with Gasteiger partial charge in [0.1, 0.15) is 27.9 Å². The second kappa shape index (κ2) is 9.73. The van der Waals surface area contributed by atoms with Gasteiger partial charge in [-0.2, -0.15) is 0 Å².